The molecule has 0 bridgehead atoms. The Morgan fingerprint density at radius 3 is 1.16 bits per heavy atom. The molecule has 1 aliphatic heterocycles. The number of carboxylic acid groups (broad SMARTS) is 1. The van der Waals surface area contributed by atoms with Gasteiger partial charge in [-0.05, 0) is 122 Å². The Morgan fingerprint density at radius 1 is 0.410 bits per heavy atom. The topological polar surface area (TPSA) is 175 Å². The second kappa shape index (κ2) is 58.0. The van der Waals surface area contributed by atoms with Crippen molar-refractivity contribution in [1.29, 1.82) is 0 Å². The Bertz CT molecular complexity index is 1810. The third-order valence-corrected chi connectivity index (χ3v) is 14.6. The van der Waals surface area contributed by atoms with Crippen LogP contribution in [-0.4, -0.2) is 89.2 Å². The average Bonchev–Trinajstić information content (AvgIpc) is 3.58. The zero-order chi connectivity index (χ0) is 60.3. The molecule has 12 nitrogen and oxygen atoms in total. The SMILES string of the molecule is CC/C=C\C/C=C\C/C=C\C/C=C\CCCCCCC(=O)OCC(COC1OC(C(=O)O)C(O)C(O)C1OC(=O)CCCCCCCCCCC/C=C\C/C=C\CCCCC)OC(=O)CCCCCCCCC/C=C\C/C=C\CCCCC. The van der Waals surface area contributed by atoms with Gasteiger partial charge in [-0.15, -0.1) is 0 Å². The van der Waals surface area contributed by atoms with E-state index in [1.807, 2.05) is 0 Å². The van der Waals surface area contributed by atoms with Crippen LogP contribution in [0.1, 0.15) is 278 Å². The summed E-state index contributed by atoms with van der Waals surface area (Å²) < 4.78 is 28.5. The Hall–Kier alpha value is -4.36. The van der Waals surface area contributed by atoms with Crippen LogP contribution in [0.5, 0.6) is 0 Å². The Morgan fingerprint density at radius 2 is 0.759 bits per heavy atom. The van der Waals surface area contributed by atoms with E-state index >= 15 is 0 Å². The van der Waals surface area contributed by atoms with E-state index in [2.05, 4.69) is 118 Å². The highest BCUT2D eigenvalue weighted by Gasteiger charge is 2.50. The molecule has 0 aromatic carbocycles. The van der Waals surface area contributed by atoms with Gasteiger partial charge in [-0.1, -0.05) is 234 Å². The van der Waals surface area contributed by atoms with E-state index in [0.717, 1.165) is 141 Å². The molecule has 1 saturated heterocycles. The third-order valence-electron chi connectivity index (χ3n) is 14.6. The smallest absolute Gasteiger partial charge is 0.335 e. The second-order valence-corrected chi connectivity index (χ2v) is 22.4. The van der Waals surface area contributed by atoms with Gasteiger partial charge >= 0.3 is 23.9 Å². The van der Waals surface area contributed by atoms with Crippen LogP contribution in [0.4, 0.5) is 0 Å². The van der Waals surface area contributed by atoms with Crippen LogP contribution in [0.2, 0.25) is 0 Å². The van der Waals surface area contributed by atoms with Crippen LogP contribution in [0.3, 0.4) is 0 Å². The Balaban J connectivity index is 2.68. The number of esters is 3. The van der Waals surface area contributed by atoms with Gasteiger partial charge in [0.1, 0.15) is 18.8 Å². The first kappa shape index (κ1) is 76.7. The highest BCUT2D eigenvalue weighted by molar-refractivity contribution is 5.74. The van der Waals surface area contributed by atoms with Crippen molar-refractivity contribution < 1.29 is 58.2 Å². The van der Waals surface area contributed by atoms with Gasteiger partial charge in [0.2, 0.25) is 0 Å². The Kier molecular flexibility index (Phi) is 53.6. The number of unbranched alkanes of at least 4 members (excludes halogenated alkanes) is 26. The molecular formula is C71H118O12. The minimum absolute atomic E-state index is 0.0488. The van der Waals surface area contributed by atoms with Crippen molar-refractivity contribution in [2.75, 3.05) is 13.2 Å². The van der Waals surface area contributed by atoms with Crippen molar-refractivity contribution in [1.82, 2.24) is 0 Å². The lowest BCUT2D eigenvalue weighted by molar-refractivity contribution is -0.301. The number of carbonyl (C=O) groups is 4. The molecule has 0 radical (unpaired) electrons. The lowest BCUT2D eigenvalue weighted by Gasteiger charge is -2.40. The van der Waals surface area contributed by atoms with Crippen molar-refractivity contribution in [3.05, 3.63) is 97.2 Å². The predicted molar refractivity (Wildman–Crippen MR) is 340 cm³/mol. The maximum Gasteiger partial charge on any atom is 0.335 e. The molecule has 0 aliphatic carbocycles. The van der Waals surface area contributed by atoms with Crippen molar-refractivity contribution in [2.45, 2.75) is 314 Å². The fourth-order valence-corrected chi connectivity index (χ4v) is 9.54. The van der Waals surface area contributed by atoms with E-state index in [0.29, 0.717) is 19.3 Å². The summed E-state index contributed by atoms with van der Waals surface area (Å²) in [5.74, 6) is -3.16. The van der Waals surface area contributed by atoms with E-state index in [4.69, 9.17) is 23.7 Å². The number of carbonyl (C=O) groups excluding carboxylic acids is 3. The minimum atomic E-state index is -1.91. The van der Waals surface area contributed by atoms with E-state index < -0.39 is 67.3 Å². The number of carboxylic acids is 1. The van der Waals surface area contributed by atoms with Crippen molar-refractivity contribution in [3.63, 3.8) is 0 Å². The maximum absolute atomic E-state index is 13.2. The molecule has 12 heteroatoms. The number of hydrogen-bond donors (Lipinski definition) is 3. The van der Waals surface area contributed by atoms with E-state index in [9.17, 15) is 34.5 Å². The van der Waals surface area contributed by atoms with Crippen LogP contribution < -0.4 is 0 Å². The van der Waals surface area contributed by atoms with Gasteiger partial charge in [0, 0.05) is 19.3 Å². The quantitative estimate of drug-likeness (QED) is 0.0228. The first-order chi connectivity index (χ1) is 40.6. The van der Waals surface area contributed by atoms with E-state index in [1.165, 1.54) is 77.0 Å². The summed E-state index contributed by atoms with van der Waals surface area (Å²) in [6.45, 7) is 5.83. The minimum Gasteiger partial charge on any atom is -0.479 e. The molecule has 1 rings (SSSR count). The van der Waals surface area contributed by atoms with E-state index in [-0.39, 0.29) is 25.9 Å². The first-order valence-corrected chi connectivity index (χ1v) is 33.2. The summed E-state index contributed by atoms with van der Waals surface area (Å²) in [7, 11) is 0. The molecule has 1 aliphatic rings. The van der Waals surface area contributed by atoms with Crippen LogP contribution in [-0.2, 0) is 42.9 Å². The number of allylic oxidation sites excluding steroid dienone is 16. The molecule has 6 unspecified atom stereocenters. The van der Waals surface area contributed by atoms with Gasteiger partial charge in [-0.3, -0.25) is 14.4 Å². The molecule has 83 heavy (non-hydrogen) atoms. The molecule has 0 spiro atoms. The molecule has 0 amide bonds. The molecular weight excluding hydrogens is 1040 g/mol. The number of aliphatic hydroxyl groups is 2. The van der Waals surface area contributed by atoms with Crippen LogP contribution in [0, 0.1) is 0 Å². The highest BCUT2D eigenvalue weighted by atomic mass is 16.7. The van der Waals surface area contributed by atoms with Crippen molar-refractivity contribution >= 4 is 23.9 Å². The summed E-state index contributed by atoms with van der Waals surface area (Å²) in [5.41, 5.74) is 0. The average molecular weight is 1160 g/mol. The fraction of sp³-hybridized carbons (Fsp3) is 0.718. The molecule has 0 aromatic heterocycles. The molecule has 1 fully saturated rings. The lowest BCUT2D eigenvalue weighted by Crippen LogP contribution is -2.61. The maximum atomic E-state index is 13.2. The van der Waals surface area contributed by atoms with Crippen LogP contribution >= 0.6 is 0 Å². The lowest BCUT2D eigenvalue weighted by atomic mass is 9.98. The van der Waals surface area contributed by atoms with Crippen molar-refractivity contribution in [3.8, 4) is 0 Å². The number of rotatable bonds is 56. The third kappa shape index (κ3) is 47.6. The highest BCUT2D eigenvalue weighted by Crippen LogP contribution is 2.27. The van der Waals surface area contributed by atoms with Gasteiger partial charge in [-0.25, -0.2) is 4.79 Å². The number of hydrogen-bond acceptors (Lipinski definition) is 11. The zero-order valence-electron chi connectivity index (χ0n) is 52.4. The number of aliphatic carboxylic acids is 1. The van der Waals surface area contributed by atoms with Crippen molar-refractivity contribution in [2.24, 2.45) is 0 Å². The summed E-state index contributed by atoms with van der Waals surface area (Å²) in [6, 6.07) is 0. The molecule has 6 atom stereocenters. The van der Waals surface area contributed by atoms with Gasteiger partial charge in [0.25, 0.3) is 0 Å². The molecule has 0 saturated carbocycles. The summed E-state index contributed by atoms with van der Waals surface area (Å²) >= 11 is 0. The summed E-state index contributed by atoms with van der Waals surface area (Å²) in [6.07, 6.45) is 64.9. The van der Waals surface area contributed by atoms with Gasteiger partial charge in [-0.2, -0.15) is 0 Å². The van der Waals surface area contributed by atoms with Gasteiger partial charge in [0.15, 0.2) is 24.6 Å². The van der Waals surface area contributed by atoms with Gasteiger partial charge in [0.05, 0.1) is 6.61 Å². The molecule has 3 N–H and O–H groups in total. The predicted octanol–water partition coefficient (Wildman–Crippen LogP) is 18.0. The second-order valence-electron chi connectivity index (χ2n) is 22.4. The monoisotopic (exact) mass is 1160 g/mol. The van der Waals surface area contributed by atoms with E-state index in [1.54, 1.807) is 0 Å². The zero-order valence-corrected chi connectivity index (χ0v) is 52.4. The van der Waals surface area contributed by atoms with Crippen LogP contribution in [0.15, 0.2) is 97.2 Å². The molecule has 1 heterocycles. The first-order valence-electron chi connectivity index (χ1n) is 33.2. The standard InChI is InChI=1S/C71H118O12/c1-4-7-10-13-16-19-22-25-28-31-32-35-38-41-44-47-50-53-56-59-65(74)82-69-67(76)66(75)68(70(77)78)83-71(69)80-61-62(81-64(73)58-55-52-49-46-43-40-37-34-30-27-24-21-18-15-12-9-6-3)60-79-63(72)57-54-51-48-45-42-39-36-33-29-26-23-20-17-14-11-8-5-2/h8,11,16-21,25-30,36,39,62,66-69,71,75-76H,4-7,9-10,12-15,22-24,31-35,37-38,40-61H2,1-3H3,(H,77,78)/b11-8-,19-16-,20-17-,21-18-,28-25-,29-26-,30-27-,39-36-. The Labute approximate surface area is 504 Å². The molecule has 474 valence electrons. The summed E-state index contributed by atoms with van der Waals surface area (Å²) in [5, 5.41) is 31.6. The fourth-order valence-electron chi connectivity index (χ4n) is 9.54. The number of aliphatic hydroxyl groups excluding tert-OH is 2. The number of ether oxygens (including phenoxy) is 5. The molecule has 0 aromatic rings. The summed E-state index contributed by atoms with van der Waals surface area (Å²) in [4.78, 5) is 51.4. The van der Waals surface area contributed by atoms with Crippen LogP contribution in [0.25, 0.3) is 0 Å². The largest absolute Gasteiger partial charge is 0.479 e. The normalized spacial score (nSPS) is 18.2. The van der Waals surface area contributed by atoms with Gasteiger partial charge < -0.3 is 39.0 Å².